The summed E-state index contributed by atoms with van der Waals surface area (Å²) in [6, 6.07) is 10.2. The highest BCUT2D eigenvalue weighted by Crippen LogP contribution is 2.32. The fourth-order valence-electron chi connectivity index (χ4n) is 3.25. The predicted octanol–water partition coefficient (Wildman–Crippen LogP) is 5.15. The van der Waals surface area contributed by atoms with E-state index in [0.29, 0.717) is 17.3 Å². The zero-order chi connectivity index (χ0) is 19.6. The topological polar surface area (TPSA) is 75.5 Å². The molecule has 1 aliphatic rings. The highest BCUT2D eigenvalue weighted by Gasteiger charge is 2.24. The number of carbonyl (C=O) groups excluding carboxylic acids is 1. The van der Waals surface area contributed by atoms with Crippen LogP contribution in [0.1, 0.15) is 35.7 Å². The Morgan fingerprint density at radius 2 is 1.93 bits per heavy atom. The molecule has 2 aromatic carbocycles. The summed E-state index contributed by atoms with van der Waals surface area (Å²) in [7, 11) is 0. The largest absolute Gasteiger partial charge is 0.366 e. The van der Waals surface area contributed by atoms with Crippen molar-refractivity contribution in [1.82, 2.24) is 0 Å². The number of nitro groups is 1. The third-order valence-corrected chi connectivity index (χ3v) is 5.86. The number of amides is 1. The molecule has 0 spiro atoms. The number of aryl methyl sites for hydroxylation is 1. The van der Waals surface area contributed by atoms with Gasteiger partial charge in [-0.1, -0.05) is 22.9 Å². The van der Waals surface area contributed by atoms with E-state index in [0.717, 1.165) is 36.0 Å². The normalized spacial score (nSPS) is 14.9. The average Bonchev–Trinajstić information content (AvgIpc) is 2.65. The van der Waals surface area contributed by atoms with Crippen molar-refractivity contribution in [2.24, 2.45) is 5.92 Å². The Morgan fingerprint density at radius 1 is 1.22 bits per heavy atom. The minimum Gasteiger partial charge on any atom is -0.366 e. The lowest BCUT2D eigenvalue weighted by atomic mass is 9.98. The lowest BCUT2D eigenvalue weighted by molar-refractivity contribution is -0.384. The van der Waals surface area contributed by atoms with Crippen LogP contribution in [-0.2, 0) is 0 Å². The van der Waals surface area contributed by atoms with Crippen LogP contribution in [0.5, 0.6) is 0 Å². The van der Waals surface area contributed by atoms with Crippen molar-refractivity contribution in [3.05, 3.63) is 62.1 Å². The van der Waals surface area contributed by atoms with Crippen LogP contribution in [0, 0.1) is 23.0 Å². The van der Waals surface area contributed by atoms with Gasteiger partial charge in [0.15, 0.2) is 0 Å². The minimum atomic E-state index is -0.409. The van der Waals surface area contributed by atoms with E-state index in [1.54, 1.807) is 18.2 Å². The maximum atomic E-state index is 12.6. The zero-order valence-electron chi connectivity index (χ0n) is 15.4. The van der Waals surface area contributed by atoms with E-state index in [4.69, 9.17) is 0 Å². The van der Waals surface area contributed by atoms with Gasteiger partial charge in [0.1, 0.15) is 5.69 Å². The molecule has 2 aromatic rings. The smallest absolute Gasteiger partial charge is 0.293 e. The van der Waals surface area contributed by atoms with Crippen LogP contribution in [0.3, 0.4) is 0 Å². The van der Waals surface area contributed by atoms with E-state index in [1.165, 1.54) is 6.07 Å². The number of rotatable bonds is 4. The summed E-state index contributed by atoms with van der Waals surface area (Å²) in [5.74, 6) is 0.276. The molecule has 1 aliphatic heterocycles. The maximum absolute atomic E-state index is 12.6. The number of anilines is 2. The van der Waals surface area contributed by atoms with Crippen LogP contribution >= 0.6 is 15.9 Å². The molecule has 1 saturated heterocycles. The summed E-state index contributed by atoms with van der Waals surface area (Å²) < 4.78 is 0.955. The molecule has 0 bridgehead atoms. The van der Waals surface area contributed by atoms with Crippen molar-refractivity contribution in [2.45, 2.75) is 26.7 Å². The lowest BCUT2D eigenvalue weighted by Gasteiger charge is -2.31. The van der Waals surface area contributed by atoms with Gasteiger partial charge in [0.05, 0.1) is 4.92 Å². The molecule has 1 amide bonds. The second-order valence-electron chi connectivity index (χ2n) is 7.05. The number of piperidine rings is 1. The standard InChI is InChI=1S/C20H22BrN3O3/c1-13-7-9-23(10-8-13)18-6-3-15(12-19(18)24(26)27)20(25)22-16-4-5-17(21)14(2)11-16/h3-6,11-13H,7-10H2,1-2H3,(H,22,25). The van der Waals surface area contributed by atoms with Gasteiger partial charge in [-0.05, 0) is 61.6 Å². The molecule has 0 unspecified atom stereocenters. The molecule has 1 heterocycles. The Hall–Kier alpha value is -2.41. The molecule has 6 nitrogen and oxygen atoms in total. The Bertz CT molecular complexity index is 877. The minimum absolute atomic E-state index is 0.0239. The summed E-state index contributed by atoms with van der Waals surface area (Å²) in [6.45, 7) is 5.72. The lowest BCUT2D eigenvalue weighted by Crippen LogP contribution is -2.33. The molecule has 0 aliphatic carbocycles. The van der Waals surface area contributed by atoms with Crippen LogP contribution in [-0.4, -0.2) is 23.9 Å². The summed E-state index contributed by atoms with van der Waals surface area (Å²) in [4.78, 5) is 25.8. The number of hydrogen-bond donors (Lipinski definition) is 1. The monoisotopic (exact) mass is 431 g/mol. The molecule has 7 heteroatoms. The number of nitrogens with zero attached hydrogens (tertiary/aromatic N) is 2. The molecule has 27 heavy (non-hydrogen) atoms. The van der Waals surface area contributed by atoms with Crippen molar-refractivity contribution in [1.29, 1.82) is 0 Å². The summed E-state index contributed by atoms with van der Waals surface area (Å²) in [5, 5.41) is 14.4. The number of halogens is 1. The number of nitro benzene ring substituents is 1. The molecule has 142 valence electrons. The number of benzene rings is 2. The third-order valence-electron chi connectivity index (χ3n) is 4.97. The number of carbonyl (C=O) groups is 1. The van der Waals surface area contributed by atoms with Crippen LogP contribution in [0.15, 0.2) is 40.9 Å². The Balaban J connectivity index is 1.83. The van der Waals surface area contributed by atoms with Crippen molar-refractivity contribution < 1.29 is 9.72 Å². The van der Waals surface area contributed by atoms with Crippen LogP contribution in [0.2, 0.25) is 0 Å². The van der Waals surface area contributed by atoms with E-state index in [-0.39, 0.29) is 17.2 Å². The third kappa shape index (κ3) is 4.47. The molecular formula is C20H22BrN3O3. The van der Waals surface area contributed by atoms with E-state index in [9.17, 15) is 14.9 Å². The molecule has 0 saturated carbocycles. The Kier molecular flexibility index (Phi) is 5.79. The van der Waals surface area contributed by atoms with Gasteiger partial charge in [-0.25, -0.2) is 0 Å². The molecular weight excluding hydrogens is 410 g/mol. The molecule has 3 rings (SSSR count). The van der Waals surface area contributed by atoms with Gasteiger partial charge in [-0.2, -0.15) is 0 Å². The summed E-state index contributed by atoms with van der Waals surface area (Å²) in [6.07, 6.45) is 2.03. The second-order valence-corrected chi connectivity index (χ2v) is 7.90. The Morgan fingerprint density at radius 3 is 2.56 bits per heavy atom. The van der Waals surface area contributed by atoms with E-state index in [2.05, 4.69) is 28.2 Å². The SMILES string of the molecule is Cc1cc(NC(=O)c2ccc(N3CCC(C)CC3)c([N+](=O)[O-])c2)ccc1Br. The van der Waals surface area contributed by atoms with Crippen LogP contribution in [0.4, 0.5) is 17.1 Å². The van der Waals surface area contributed by atoms with Gasteiger partial charge in [0, 0.05) is 34.9 Å². The van der Waals surface area contributed by atoms with Gasteiger partial charge in [0.25, 0.3) is 11.6 Å². The first-order chi connectivity index (χ1) is 12.8. The van der Waals surface area contributed by atoms with Crippen LogP contribution in [0.25, 0.3) is 0 Å². The molecule has 0 atom stereocenters. The summed E-state index contributed by atoms with van der Waals surface area (Å²) in [5.41, 5.74) is 2.48. The predicted molar refractivity (Wildman–Crippen MR) is 111 cm³/mol. The van der Waals surface area contributed by atoms with Crippen LogP contribution < -0.4 is 10.2 Å². The quantitative estimate of drug-likeness (QED) is 0.535. The molecule has 0 aromatic heterocycles. The van der Waals surface area contributed by atoms with Gasteiger partial charge in [-0.15, -0.1) is 0 Å². The van der Waals surface area contributed by atoms with Crippen molar-refractivity contribution in [3.63, 3.8) is 0 Å². The summed E-state index contributed by atoms with van der Waals surface area (Å²) >= 11 is 3.42. The fraction of sp³-hybridized carbons (Fsp3) is 0.350. The Labute approximate surface area is 166 Å². The number of nitrogens with one attached hydrogen (secondary N) is 1. The van der Waals surface area contributed by atoms with E-state index >= 15 is 0 Å². The fourth-order valence-corrected chi connectivity index (χ4v) is 3.50. The average molecular weight is 432 g/mol. The van der Waals surface area contributed by atoms with Gasteiger partial charge in [-0.3, -0.25) is 14.9 Å². The molecule has 1 fully saturated rings. The van der Waals surface area contributed by atoms with Gasteiger partial charge >= 0.3 is 0 Å². The molecule has 1 N–H and O–H groups in total. The van der Waals surface area contributed by atoms with Crippen molar-refractivity contribution >= 4 is 38.9 Å². The highest BCUT2D eigenvalue weighted by molar-refractivity contribution is 9.10. The van der Waals surface area contributed by atoms with E-state index in [1.807, 2.05) is 24.0 Å². The highest BCUT2D eigenvalue weighted by atomic mass is 79.9. The maximum Gasteiger partial charge on any atom is 0.293 e. The molecule has 0 radical (unpaired) electrons. The van der Waals surface area contributed by atoms with Crippen molar-refractivity contribution in [2.75, 3.05) is 23.3 Å². The first-order valence-corrected chi connectivity index (χ1v) is 9.75. The van der Waals surface area contributed by atoms with Gasteiger partial charge in [0.2, 0.25) is 0 Å². The second kappa shape index (κ2) is 8.08. The van der Waals surface area contributed by atoms with E-state index < -0.39 is 4.92 Å². The van der Waals surface area contributed by atoms with Gasteiger partial charge < -0.3 is 10.2 Å². The van der Waals surface area contributed by atoms with Crippen molar-refractivity contribution in [3.8, 4) is 0 Å². The number of hydrogen-bond acceptors (Lipinski definition) is 4. The first kappa shape index (κ1) is 19.4. The first-order valence-electron chi connectivity index (χ1n) is 8.96. The zero-order valence-corrected chi connectivity index (χ0v) is 17.0.